The number of nitriles is 1. The summed E-state index contributed by atoms with van der Waals surface area (Å²) in [5.74, 6) is -0.111. The number of benzene rings is 1. The molecule has 5 heteroatoms. The van der Waals surface area contributed by atoms with E-state index in [4.69, 9.17) is 11.0 Å². The first kappa shape index (κ1) is 14.5. The Bertz CT molecular complexity index is 530. The summed E-state index contributed by atoms with van der Waals surface area (Å²) in [6.07, 6.45) is 3.56. The van der Waals surface area contributed by atoms with Crippen LogP contribution in [0, 0.1) is 29.0 Å². The Balaban J connectivity index is 2.00. The Labute approximate surface area is 117 Å². The van der Waals surface area contributed by atoms with Crippen molar-refractivity contribution in [3.8, 4) is 6.07 Å². The van der Waals surface area contributed by atoms with Crippen LogP contribution in [0.3, 0.4) is 0 Å². The minimum absolute atomic E-state index is 0.0469. The van der Waals surface area contributed by atoms with Crippen molar-refractivity contribution in [1.82, 2.24) is 0 Å². The molecule has 0 aliphatic heterocycles. The Kier molecular flexibility index (Phi) is 4.70. The van der Waals surface area contributed by atoms with Gasteiger partial charge in [-0.25, -0.2) is 4.39 Å². The van der Waals surface area contributed by atoms with E-state index in [1.54, 1.807) is 0 Å². The third-order valence-corrected chi connectivity index (χ3v) is 3.91. The summed E-state index contributed by atoms with van der Waals surface area (Å²) < 4.78 is 13.0. The predicted octanol–water partition coefficient (Wildman–Crippen LogP) is 2.40. The number of carbonyl (C=O) groups excluding carboxylic acids is 1. The van der Waals surface area contributed by atoms with Gasteiger partial charge in [0.25, 0.3) is 0 Å². The number of nitrogens with zero attached hydrogens (tertiary/aromatic N) is 1. The lowest BCUT2D eigenvalue weighted by molar-refractivity contribution is -0.121. The number of amides is 1. The van der Waals surface area contributed by atoms with Crippen LogP contribution in [0.25, 0.3) is 0 Å². The highest BCUT2D eigenvalue weighted by Crippen LogP contribution is 2.29. The largest absolute Gasteiger partial charge is 0.330 e. The van der Waals surface area contributed by atoms with Crippen molar-refractivity contribution in [1.29, 1.82) is 5.26 Å². The van der Waals surface area contributed by atoms with E-state index in [1.165, 1.54) is 12.1 Å². The fourth-order valence-corrected chi connectivity index (χ4v) is 2.61. The second-order valence-corrected chi connectivity index (χ2v) is 5.24. The minimum atomic E-state index is -0.483. The highest BCUT2D eigenvalue weighted by Gasteiger charge is 2.26. The van der Waals surface area contributed by atoms with Crippen molar-refractivity contribution in [2.24, 2.45) is 17.6 Å². The van der Waals surface area contributed by atoms with Crippen LogP contribution in [-0.4, -0.2) is 12.5 Å². The lowest BCUT2D eigenvalue weighted by atomic mass is 9.81. The van der Waals surface area contributed by atoms with Gasteiger partial charge in [0, 0.05) is 5.92 Å². The second kappa shape index (κ2) is 6.49. The van der Waals surface area contributed by atoms with E-state index in [0.717, 1.165) is 31.7 Å². The average molecular weight is 275 g/mol. The number of hydrogen-bond acceptors (Lipinski definition) is 3. The van der Waals surface area contributed by atoms with Gasteiger partial charge in [-0.2, -0.15) is 5.26 Å². The lowest BCUT2D eigenvalue weighted by Crippen LogP contribution is -2.29. The SMILES string of the molecule is N#Cc1cc(F)ccc1NC(=O)C1CCC(CN)CC1. The molecule has 3 N–H and O–H groups in total. The summed E-state index contributed by atoms with van der Waals surface area (Å²) in [7, 11) is 0. The molecule has 0 bridgehead atoms. The third kappa shape index (κ3) is 3.34. The summed E-state index contributed by atoms with van der Waals surface area (Å²) in [6, 6.07) is 5.68. The maximum atomic E-state index is 13.0. The van der Waals surface area contributed by atoms with Crippen LogP contribution < -0.4 is 11.1 Å². The molecular weight excluding hydrogens is 257 g/mol. The molecule has 1 fully saturated rings. The van der Waals surface area contributed by atoms with Gasteiger partial charge in [-0.05, 0) is 56.3 Å². The predicted molar refractivity (Wildman–Crippen MR) is 74.2 cm³/mol. The molecule has 0 spiro atoms. The van der Waals surface area contributed by atoms with Crippen molar-refractivity contribution < 1.29 is 9.18 Å². The van der Waals surface area contributed by atoms with E-state index in [0.29, 0.717) is 18.2 Å². The van der Waals surface area contributed by atoms with E-state index >= 15 is 0 Å². The van der Waals surface area contributed by atoms with Gasteiger partial charge in [0.1, 0.15) is 11.9 Å². The van der Waals surface area contributed by atoms with Crippen molar-refractivity contribution in [2.45, 2.75) is 25.7 Å². The number of anilines is 1. The molecule has 0 heterocycles. The molecule has 0 unspecified atom stereocenters. The van der Waals surface area contributed by atoms with Crippen LogP contribution in [0.5, 0.6) is 0 Å². The smallest absolute Gasteiger partial charge is 0.227 e. The standard InChI is InChI=1S/C15H18FN3O/c16-13-5-6-14(12(7-13)9-18)19-15(20)11-3-1-10(8-17)2-4-11/h5-7,10-11H,1-4,8,17H2,(H,19,20). The maximum Gasteiger partial charge on any atom is 0.227 e. The molecular formula is C15H18FN3O. The first-order chi connectivity index (χ1) is 9.63. The zero-order valence-electron chi connectivity index (χ0n) is 11.2. The van der Waals surface area contributed by atoms with Crippen LogP contribution in [0.1, 0.15) is 31.2 Å². The Morgan fingerprint density at radius 3 is 2.70 bits per heavy atom. The van der Waals surface area contributed by atoms with E-state index in [-0.39, 0.29) is 17.4 Å². The van der Waals surface area contributed by atoms with E-state index in [1.807, 2.05) is 6.07 Å². The fraction of sp³-hybridized carbons (Fsp3) is 0.467. The molecule has 0 saturated heterocycles. The number of rotatable bonds is 3. The van der Waals surface area contributed by atoms with E-state index < -0.39 is 5.82 Å². The first-order valence-electron chi connectivity index (χ1n) is 6.84. The van der Waals surface area contributed by atoms with Crippen molar-refractivity contribution in [3.05, 3.63) is 29.6 Å². The number of hydrogen-bond donors (Lipinski definition) is 2. The van der Waals surface area contributed by atoms with Crippen LogP contribution in [-0.2, 0) is 4.79 Å². The zero-order chi connectivity index (χ0) is 14.5. The lowest BCUT2D eigenvalue weighted by Gasteiger charge is -2.26. The van der Waals surface area contributed by atoms with Gasteiger partial charge in [0.15, 0.2) is 0 Å². The first-order valence-corrected chi connectivity index (χ1v) is 6.84. The Hall–Kier alpha value is -1.93. The Morgan fingerprint density at radius 1 is 1.40 bits per heavy atom. The minimum Gasteiger partial charge on any atom is -0.330 e. The van der Waals surface area contributed by atoms with Gasteiger partial charge >= 0.3 is 0 Å². The molecule has 1 aliphatic carbocycles. The highest BCUT2D eigenvalue weighted by molar-refractivity contribution is 5.93. The van der Waals surface area contributed by atoms with E-state index in [2.05, 4.69) is 5.32 Å². The number of halogens is 1. The molecule has 0 aromatic heterocycles. The van der Waals surface area contributed by atoms with Crippen LogP contribution in [0.4, 0.5) is 10.1 Å². The molecule has 20 heavy (non-hydrogen) atoms. The van der Waals surface area contributed by atoms with Gasteiger partial charge in [-0.3, -0.25) is 4.79 Å². The van der Waals surface area contributed by atoms with Crippen molar-refractivity contribution in [2.75, 3.05) is 11.9 Å². The molecule has 1 aromatic rings. The summed E-state index contributed by atoms with van der Waals surface area (Å²) in [5, 5.41) is 11.7. The number of nitrogens with one attached hydrogen (secondary N) is 1. The highest BCUT2D eigenvalue weighted by atomic mass is 19.1. The maximum absolute atomic E-state index is 13.0. The van der Waals surface area contributed by atoms with Gasteiger partial charge in [0.05, 0.1) is 11.3 Å². The topological polar surface area (TPSA) is 78.9 Å². The average Bonchev–Trinajstić information content (AvgIpc) is 2.49. The number of nitrogens with two attached hydrogens (primary N) is 1. The third-order valence-electron chi connectivity index (χ3n) is 3.91. The quantitative estimate of drug-likeness (QED) is 0.889. The molecule has 0 atom stereocenters. The molecule has 106 valence electrons. The molecule has 1 amide bonds. The Morgan fingerprint density at radius 2 is 2.10 bits per heavy atom. The van der Waals surface area contributed by atoms with Crippen molar-refractivity contribution in [3.63, 3.8) is 0 Å². The molecule has 2 rings (SSSR count). The normalized spacial score (nSPS) is 22.1. The van der Waals surface area contributed by atoms with Gasteiger partial charge < -0.3 is 11.1 Å². The molecule has 1 saturated carbocycles. The van der Waals surface area contributed by atoms with E-state index in [9.17, 15) is 9.18 Å². The van der Waals surface area contributed by atoms with Gasteiger partial charge in [-0.15, -0.1) is 0 Å². The monoisotopic (exact) mass is 275 g/mol. The van der Waals surface area contributed by atoms with Crippen LogP contribution in [0.15, 0.2) is 18.2 Å². The van der Waals surface area contributed by atoms with Gasteiger partial charge in [-0.1, -0.05) is 0 Å². The zero-order valence-corrected chi connectivity index (χ0v) is 11.2. The fourth-order valence-electron chi connectivity index (χ4n) is 2.61. The van der Waals surface area contributed by atoms with Crippen LogP contribution >= 0.6 is 0 Å². The molecule has 1 aliphatic rings. The second-order valence-electron chi connectivity index (χ2n) is 5.24. The van der Waals surface area contributed by atoms with Gasteiger partial charge in [0.2, 0.25) is 5.91 Å². The summed E-state index contributed by atoms with van der Waals surface area (Å²) in [4.78, 5) is 12.2. The molecule has 0 radical (unpaired) electrons. The number of carbonyl (C=O) groups is 1. The molecule has 4 nitrogen and oxygen atoms in total. The molecule has 1 aromatic carbocycles. The van der Waals surface area contributed by atoms with Crippen molar-refractivity contribution >= 4 is 11.6 Å². The summed E-state index contributed by atoms with van der Waals surface area (Å²) >= 11 is 0. The summed E-state index contributed by atoms with van der Waals surface area (Å²) in [5.41, 5.74) is 6.15. The van der Waals surface area contributed by atoms with Crippen LogP contribution in [0.2, 0.25) is 0 Å². The summed E-state index contributed by atoms with van der Waals surface area (Å²) in [6.45, 7) is 0.672.